The first kappa shape index (κ1) is 126. The molecule has 0 unspecified atom stereocenters. The van der Waals surface area contributed by atoms with Crippen LogP contribution in [0.1, 0.15) is 0 Å². The van der Waals surface area contributed by atoms with Crippen LogP contribution in [0.5, 0.6) is 0 Å². The van der Waals surface area contributed by atoms with Gasteiger partial charge in [0.25, 0.3) is 6.08 Å². The Morgan fingerprint density at radius 1 is 0.667 bits per heavy atom. The molecule has 0 heterocycles. The Kier molecular flexibility index (Phi) is 2250. The fraction of sp³-hybridized carbons (Fsp3) is 0. The zero-order valence-electron chi connectivity index (χ0n) is 5.83. The highest BCUT2D eigenvalue weighted by Gasteiger charge is 1.65. The van der Waals surface area contributed by atoms with Crippen LogP contribution in [-0.4, -0.2) is 0 Å². The van der Waals surface area contributed by atoms with Crippen LogP contribution in [0.3, 0.4) is 0 Å². The lowest BCUT2D eigenvalue weighted by Crippen LogP contribution is -1.33. The fourth-order valence-electron chi connectivity index (χ4n) is 0. The maximum absolute atomic E-state index is 10.1. The molecule has 0 amide bonds. The van der Waals surface area contributed by atoms with E-state index in [1.54, 1.807) is 0 Å². The molecule has 0 aromatic heterocycles. The monoisotopic (exact) mass is 212 g/mol. The van der Waals surface area contributed by atoms with E-state index in [0.717, 1.165) is 0 Å². The molecule has 8 heteroatoms. The van der Waals surface area contributed by atoms with E-state index in [4.69, 9.17) is 0 Å². The fourth-order valence-corrected chi connectivity index (χ4v) is 0. The van der Waals surface area contributed by atoms with Crippen LogP contribution < -0.4 is 0 Å². The van der Waals surface area contributed by atoms with E-state index >= 15 is 0 Å². The van der Waals surface area contributed by atoms with Crippen molar-refractivity contribution < 1.29 is 37.0 Å². The van der Waals surface area contributed by atoms with Crippen LogP contribution in [0, 0.1) is 0 Å². The van der Waals surface area contributed by atoms with E-state index in [1.165, 1.54) is 0 Å². The molecule has 12 heavy (non-hydrogen) atoms. The lowest BCUT2D eigenvalue weighted by Gasteiger charge is -1.54. The van der Waals surface area contributed by atoms with Crippen LogP contribution in [-0.2, 0) is 0 Å². The predicted molar refractivity (Wildman–Crippen MR) is 37.6 cm³/mol. The van der Waals surface area contributed by atoms with Crippen molar-refractivity contribution in [1.29, 1.82) is 0 Å². The highest BCUT2D eigenvalue weighted by molar-refractivity contribution is 4.57. The normalized spacial score (nSPS) is 2.50. The second kappa shape index (κ2) is 214. The smallest absolute Gasteiger partial charge is 0.263 e. The van der Waals surface area contributed by atoms with Crippen molar-refractivity contribution in [3.63, 3.8) is 0 Å². The molecule has 0 atom stereocenters. The van der Waals surface area contributed by atoms with E-state index in [0.29, 0.717) is 0 Å². The van der Waals surface area contributed by atoms with E-state index in [1.807, 2.05) is 0 Å². The van der Waals surface area contributed by atoms with E-state index in [-0.39, 0.29) is 28.2 Å². The van der Waals surface area contributed by atoms with Crippen molar-refractivity contribution in [1.82, 2.24) is 0 Å². The van der Waals surface area contributed by atoms with Gasteiger partial charge in [-0.2, -0.15) is 8.78 Å². The van der Waals surface area contributed by atoms with Gasteiger partial charge in [-0.05, 0) is 6.58 Å². The maximum Gasteiger partial charge on any atom is 0.263 e. The first-order valence-corrected chi connectivity index (χ1v) is 1.23. The van der Waals surface area contributed by atoms with Gasteiger partial charge in [-0.3, -0.25) is 28.2 Å². The third-order valence-electron chi connectivity index (χ3n) is 0. The lowest BCUT2D eigenvalue weighted by molar-refractivity contribution is 0.426. The van der Waals surface area contributed by atoms with Gasteiger partial charge in [0.05, 0.1) is 0 Å². The van der Waals surface area contributed by atoms with Crippen molar-refractivity contribution in [2.45, 2.75) is 0 Å². The molecular formula is C4H12F8. The number of rotatable bonds is 0. The Morgan fingerprint density at radius 3 is 0.667 bits per heavy atom. The second-order valence-electron chi connectivity index (χ2n) is 0.339. The minimum atomic E-state index is -1.83. The number of hydrogen-bond acceptors (Lipinski definition) is 0. The molecule has 0 spiro atoms. The van der Waals surface area contributed by atoms with Gasteiger partial charge in [-0.25, -0.2) is 0 Å². The summed E-state index contributed by atoms with van der Waals surface area (Å²) in [6, 6.07) is 0. The molecular weight excluding hydrogens is 200 g/mol. The van der Waals surface area contributed by atoms with Gasteiger partial charge in [0.2, 0.25) is 0 Å². The summed E-state index contributed by atoms with van der Waals surface area (Å²) >= 11 is 0. The third kappa shape index (κ3) is 480. The molecule has 0 fully saturated rings. The molecule has 0 bridgehead atoms. The van der Waals surface area contributed by atoms with Gasteiger partial charge in [0, 0.05) is 0 Å². The topological polar surface area (TPSA) is 0 Å². The highest BCUT2D eigenvalue weighted by Crippen LogP contribution is 1.85. The minimum absolute atomic E-state index is 0. The first-order chi connectivity index (χ1) is 2.73. The predicted octanol–water partition coefficient (Wildman–Crippen LogP) is 3.11. The Labute approximate surface area is 64.2 Å². The van der Waals surface area contributed by atoms with Crippen molar-refractivity contribution >= 4 is 0 Å². The molecule has 0 nitrogen and oxygen atoms in total. The van der Waals surface area contributed by atoms with Crippen LogP contribution in [0.4, 0.5) is 37.0 Å². The molecule has 0 aliphatic rings. The summed E-state index contributed by atoms with van der Waals surface area (Å²) < 4.78 is 20.3. The Balaban J connectivity index is -0.00000000317. The van der Waals surface area contributed by atoms with Crippen LogP contribution in [0.15, 0.2) is 25.8 Å². The summed E-state index contributed by atoms with van der Waals surface area (Å²) in [5, 5.41) is 0. The molecule has 0 rings (SSSR count). The molecule has 0 N–H and O–H groups in total. The van der Waals surface area contributed by atoms with Crippen LogP contribution in [0.2, 0.25) is 0 Å². The molecule has 0 aromatic rings. The van der Waals surface area contributed by atoms with Gasteiger partial charge < -0.3 is 0 Å². The molecule has 0 radical (unpaired) electrons. The molecule has 0 aromatic carbocycles. The average molecular weight is 212 g/mol. The number of hydrogen-bond donors (Lipinski definition) is 0. The van der Waals surface area contributed by atoms with Gasteiger partial charge >= 0.3 is 0 Å². The Morgan fingerprint density at radius 2 is 0.667 bits per heavy atom. The van der Waals surface area contributed by atoms with Crippen LogP contribution >= 0.6 is 0 Å². The van der Waals surface area contributed by atoms with Gasteiger partial charge in [0.15, 0.2) is 0 Å². The minimum Gasteiger partial charge on any atom is -0.269 e. The highest BCUT2D eigenvalue weighted by atomic mass is 19.3. The standard InChI is InChI=1S/C2H2F2.C2H4.6FH/c1-2(3)4;1-2;;;;;;/h1H2;1-2H2;6*1H. The Hall–Kier alpha value is -1.08. The average Bonchev–Trinajstić information content (AvgIpc) is 1.41. The summed E-state index contributed by atoms with van der Waals surface area (Å²) in [4.78, 5) is 0. The quantitative estimate of drug-likeness (QED) is 0.427. The molecule has 84 valence electrons. The Bertz CT molecular complexity index is 42.3. The van der Waals surface area contributed by atoms with Crippen molar-refractivity contribution in [2.24, 2.45) is 0 Å². The third-order valence-corrected chi connectivity index (χ3v) is 0. The molecule has 0 saturated heterocycles. The van der Waals surface area contributed by atoms with Crippen molar-refractivity contribution in [3.05, 3.63) is 25.8 Å². The summed E-state index contributed by atoms with van der Waals surface area (Å²) in [6.45, 7) is 8.22. The lowest BCUT2D eigenvalue weighted by atomic mass is 11.2. The molecule has 0 aliphatic heterocycles. The van der Waals surface area contributed by atoms with E-state index < -0.39 is 6.08 Å². The summed E-state index contributed by atoms with van der Waals surface area (Å²) in [5.41, 5.74) is 0. The largest absolute Gasteiger partial charge is 0.269 e. The molecule has 0 aliphatic carbocycles. The zero-order valence-corrected chi connectivity index (χ0v) is 5.83. The SMILES string of the molecule is C=C.C=C(F)F.F.F.F.F.F.F. The van der Waals surface area contributed by atoms with Gasteiger partial charge in [-0.1, -0.05) is 0 Å². The van der Waals surface area contributed by atoms with Gasteiger partial charge in [0.1, 0.15) is 0 Å². The van der Waals surface area contributed by atoms with Crippen molar-refractivity contribution in [2.75, 3.05) is 0 Å². The van der Waals surface area contributed by atoms with Crippen LogP contribution in [0.25, 0.3) is 0 Å². The van der Waals surface area contributed by atoms with Crippen molar-refractivity contribution in [3.8, 4) is 0 Å². The maximum atomic E-state index is 10.1. The summed E-state index contributed by atoms with van der Waals surface area (Å²) in [5.74, 6) is 0. The van der Waals surface area contributed by atoms with E-state index in [2.05, 4.69) is 19.7 Å². The van der Waals surface area contributed by atoms with E-state index in [9.17, 15) is 8.78 Å². The second-order valence-corrected chi connectivity index (χ2v) is 0.339. The number of halogens is 8. The summed E-state index contributed by atoms with van der Waals surface area (Å²) in [6.07, 6.45) is -1.83. The molecule has 0 saturated carbocycles. The zero-order chi connectivity index (χ0) is 5.58. The first-order valence-electron chi connectivity index (χ1n) is 1.23. The van der Waals surface area contributed by atoms with Gasteiger partial charge in [-0.15, -0.1) is 13.2 Å². The summed E-state index contributed by atoms with van der Waals surface area (Å²) in [7, 11) is 0.